The van der Waals surface area contributed by atoms with Crippen molar-refractivity contribution in [3.05, 3.63) is 46.7 Å². The molecule has 1 unspecified atom stereocenters. The monoisotopic (exact) mass is 290 g/mol. The predicted molar refractivity (Wildman–Crippen MR) is 82.9 cm³/mol. The van der Waals surface area contributed by atoms with Crippen LogP contribution in [0.3, 0.4) is 0 Å². The zero-order chi connectivity index (χ0) is 14.4. The van der Waals surface area contributed by atoms with Crippen molar-refractivity contribution in [1.82, 2.24) is 0 Å². The van der Waals surface area contributed by atoms with E-state index in [1.807, 2.05) is 23.6 Å². The second kappa shape index (κ2) is 7.07. The largest absolute Gasteiger partial charge is 0.397 e. The van der Waals surface area contributed by atoms with Crippen LogP contribution in [0.15, 0.2) is 41.8 Å². The molecule has 0 radical (unpaired) electrons. The van der Waals surface area contributed by atoms with Crippen LogP contribution >= 0.6 is 11.3 Å². The van der Waals surface area contributed by atoms with Crippen LogP contribution in [0, 0.1) is 0 Å². The zero-order valence-electron chi connectivity index (χ0n) is 11.3. The molecule has 2 rings (SSSR count). The van der Waals surface area contributed by atoms with Crippen molar-refractivity contribution < 1.29 is 9.53 Å². The predicted octanol–water partition coefficient (Wildman–Crippen LogP) is 2.92. The highest BCUT2D eigenvalue weighted by atomic mass is 32.1. The summed E-state index contributed by atoms with van der Waals surface area (Å²) in [6, 6.07) is 11.2. The Morgan fingerprint density at radius 1 is 1.35 bits per heavy atom. The first-order valence-corrected chi connectivity index (χ1v) is 7.34. The Morgan fingerprint density at radius 2 is 2.15 bits per heavy atom. The molecule has 3 N–H and O–H groups in total. The van der Waals surface area contributed by atoms with E-state index in [9.17, 15) is 4.79 Å². The molecule has 1 aromatic carbocycles. The van der Waals surface area contributed by atoms with E-state index >= 15 is 0 Å². The first-order chi connectivity index (χ1) is 9.66. The van der Waals surface area contributed by atoms with E-state index in [-0.39, 0.29) is 5.91 Å². The molecule has 0 saturated carbocycles. The highest BCUT2D eigenvalue weighted by Gasteiger charge is 2.14. The van der Waals surface area contributed by atoms with Gasteiger partial charge in [0, 0.05) is 11.3 Å². The standard InChI is InChI=1S/C15H18N2O2S/c1-11(19-9-8-12-5-4-10-20-12)15(18)17-14-7-3-2-6-13(14)16/h2-7,10-11H,8-9,16H2,1H3,(H,17,18). The molecule has 20 heavy (non-hydrogen) atoms. The van der Waals surface area contributed by atoms with Crippen LogP contribution in [0.2, 0.25) is 0 Å². The van der Waals surface area contributed by atoms with Gasteiger partial charge in [0.2, 0.25) is 0 Å². The Bertz CT molecular complexity index is 555. The van der Waals surface area contributed by atoms with Crippen molar-refractivity contribution in [3.63, 3.8) is 0 Å². The van der Waals surface area contributed by atoms with Crippen LogP contribution in [0.4, 0.5) is 11.4 Å². The van der Waals surface area contributed by atoms with E-state index < -0.39 is 6.10 Å². The minimum Gasteiger partial charge on any atom is -0.397 e. The van der Waals surface area contributed by atoms with Crippen molar-refractivity contribution in [2.24, 2.45) is 0 Å². The number of benzene rings is 1. The number of anilines is 2. The molecule has 2 aromatic rings. The van der Waals surface area contributed by atoms with E-state index in [0.717, 1.165) is 6.42 Å². The molecule has 0 aliphatic carbocycles. The fourth-order valence-corrected chi connectivity index (χ4v) is 2.40. The molecule has 0 fully saturated rings. The highest BCUT2D eigenvalue weighted by molar-refractivity contribution is 7.09. The first-order valence-electron chi connectivity index (χ1n) is 6.46. The van der Waals surface area contributed by atoms with E-state index in [1.165, 1.54) is 4.88 Å². The lowest BCUT2D eigenvalue weighted by molar-refractivity contribution is -0.126. The summed E-state index contributed by atoms with van der Waals surface area (Å²) in [5.41, 5.74) is 6.94. The molecular formula is C15H18N2O2S. The fourth-order valence-electron chi connectivity index (χ4n) is 1.71. The van der Waals surface area contributed by atoms with Crippen LogP contribution in [0.5, 0.6) is 0 Å². The Balaban J connectivity index is 1.79. The van der Waals surface area contributed by atoms with Crippen molar-refractivity contribution in [2.75, 3.05) is 17.7 Å². The number of amides is 1. The molecule has 4 nitrogen and oxygen atoms in total. The van der Waals surface area contributed by atoms with Crippen molar-refractivity contribution in [1.29, 1.82) is 0 Å². The Kier molecular flexibility index (Phi) is 5.15. The number of carbonyl (C=O) groups excluding carboxylic acids is 1. The maximum Gasteiger partial charge on any atom is 0.253 e. The van der Waals surface area contributed by atoms with Gasteiger partial charge in [-0.1, -0.05) is 18.2 Å². The minimum atomic E-state index is -0.505. The fraction of sp³-hybridized carbons (Fsp3) is 0.267. The lowest BCUT2D eigenvalue weighted by atomic mass is 10.2. The maximum absolute atomic E-state index is 12.0. The zero-order valence-corrected chi connectivity index (χ0v) is 12.2. The number of thiophene rings is 1. The van der Waals surface area contributed by atoms with E-state index in [4.69, 9.17) is 10.5 Å². The van der Waals surface area contributed by atoms with E-state index in [0.29, 0.717) is 18.0 Å². The average Bonchev–Trinajstić information content (AvgIpc) is 2.94. The molecule has 1 amide bonds. The molecule has 0 bridgehead atoms. The number of nitrogen functional groups attached to an aromatic ring is 1. The minimum absolute atomic E-state index is 0.186. The van der Waals surface area contributed by atoms with Gasteiger partial charge in [-0.15, -0.1) is 11.3 Å². The third-order valence-corrected chi connectivity index (χ3v) is 3.82. The van der Waals surface area contributed by atoms with Crippen LogP contribution in [0.25, 0.3) is 0 Å². The number of rotatable bonds is 6. The van der Waals surface area contributed by atoms with Gasteiger partial charge in [0.15, 0.2) is 0 Å². The van der Waals surface area contributed by atoms with Gasteiger partial charge >= 0.3 is 0 Å². The molecule has 0 spiro atoms. The summed E-state index contributed by atoms with van der Waals surface area (Å²) < 4.78 is 5.54. The molecular weight excluding hydrogens is 272 g/mol. The Hall–Kier alpha value is -1.85. The molecule has 0 aliphatic heterocycles. The molecule has 0 aliphatic rings. The van der Waals surface area contributed by atoms with Gasteiger partial charge in [-0.25, -0.2) is 0 Å². The van der Waals surface area contributed by atoms with Crippen molar-refractivity contribution in [3.8, 4) is 0 Å². The van der Waals surface area contributed by atoms with Crippen molar-refractivity contribution in [2.45, 2.75) is 19.4 Å². The maximum atomic E-state index is 12.0. The van der Waals surface area contributed by atoms with Gasteiger partial charge < -0.3 is 15.8 Å². The van der Waals surface area contributed by atoms with Crippen LogP contribution in [-0.2, 0) is 16.0 Å². The van der Waals surface area contributed by atoms with Gasteiger partial charge in [-0.05, 0) is 30.5 Å². The summed E-state index contributed by atoms with van der Waals surface area (Å²) in [7, 11) is 0. The van der Waals surface area contributed by atoms with Gasteiger partial charge in [-0.3, -0.25) is 4.79 Å². The van der Waals surface area contributed by atoms with Crippen LogP contribution < -0.4 is 11.1 Å². The Morgan fingerprint density at radius 3 is 2.85 bits per heavy atom. The summed E-state index contributed by atoms with van der Waals surface area (Å²) in [5, 5.41) is 4.80. The molecule has 0 saturated heterocycles. The second-order valence-corrected chi connectivity index (χ2v) is 5.45. The van der Waals surface area contributed by atoms with Crippen molar-refractivity contribution >= 4 is 28.6 Å². The van der Waals surface area contributed by atoms with Gasteiger partial charge in [0.25, 0.3) is 5.91 Å². The average molecular weight is 290 g/mol. The summed E-state index contributed by atoms with van der Waals surface area (Å²) in [6.07, 6.45) is 0.317. The summed E-state index contributed by atoms with van der Waals surface area (Å²) in [5.74, 6) is -0.186. The van der Waals surface area contributed by atoms with E-state index in [1.54, 1.807) is 30.4 Å². The number of nitrogens with one attached hydrogen (secondary N) is 1. The summed E-state index contributed by atoms with van der Waals surface area (Å²) in [4.78, 5) is 13.2. The smallest absolute Gasteiger partial charge is 0.253 e. The number of hydrogen-bond acceptors (Lipinski definition) is 4. The number of nitrogens with two attached hydrogens (primary N) is 1. The molecule has 1 aromatic heterocycles. The van der Waals surface area contributed by atoms with Gasteiger partial charge in [-0.2, -0.15) is 0 Å². The molecule has 5 heteroatoms. The number of para-hydroxylation sites is 2. The third kappa shape index (κ3) is 4.08. The number of ether oxygens (including phenoxy) is 1. The van der Waals surface area contributed by atoms with Crippen LogP contribution in [0.1, 0.15) is 11.8 Å². The number of carbonyl (C=O) groups is 1. The molecule has 1 atom stereocenters. The number of hydrogen-bond donors (Lipinski definition) is 2. The normalized spacial score (nSPS) is 12.1. The topological polar surface area (TPSA) is 64.3 Å². The second-order valence-electron chi connectivity index (χ2n) is 4.42. The quantitative estimate of drug-likeness (QED) is 0.804. The SMILES string of the molecule is CC(OCCc1cccs1)C(=O)Nc1ccccc1N. The van der Waals surface area contributed by atoms with Gasteiger partial charge in [0.1, 0.15) is 6.10 Å². The van der Waals surface area contributed by atoms with Gasteiger partial charge in [0.05, 0.1) is 18.0 Å². The van der Waals surface area contributed by atoms with E-state index in [2.05, 4.69) is 11.4 Å². The highest BCUT2D eigenvalue weighted by Crippen LogP contribution is 2.17. The summed E-state index contributed by atoms with van der Waals surface area (Å²) >= 11 is 1.69. The van der Waals surface area contributed by atoms with Crippen LogP contribution in [-0.4, -0.2) is 18.6 Å². The lowest BCUT2D eigenvalue weighted by Crippen LogP contribution is -2.28. The lowest BCUT2D eigenvalue weighted by Gasteiger charge is -2.14. The third-order valence-electron chi connectivity index (χ3n) is 2.88. The molecule has 106 valence electrons. The first kappa shape index (κ1) is 14.6. The molecule has 1 heterocycles. The Labute approximate surface area is 122 Å². The summed E-state index contributed by atoms with van der Waals surface area (Å²) in [6.45, 7) is 2.27.